The van der Waals surface area contributed by atoms with E-state index in [0.29, 0.717) is 13.0 Å². The van der Waals surface area contributed by atoms with Crippen molar-refractivity contribution >= 4 is 16.0 Å². The number of carbonyl (C=O) groups excluding carboxylic acids is 1. The van der Waals surface area contributed by atoms with Gasteiger partial charge in [0.05, 0.1) is 12.0 Å². The Balaban J connectivity index is 2.35. The molecule has 0 unspecified atom stereocenters. The Morgan fingerprint density at radius 2 is 1.90 bits per heavy atom. The molecule has 6 heteroatoms. The van der Waals surface area contributed by atoms with E-state index in [2.05, 4.69) is 0 Å². The third kappa shape index (κ3) is 2.86. The van der Waals surface area contributed by atoms with E-state index >= 15 is 0 Å². The van der Waals surface area contributed by atoms with E-state index in [9.17, 15) is 13.2 Å². The molecule has 0 bridgehead atoms. The van der Waals surface area contributed by atoms with E-state index < -0.39 is 22.0 Å². The number of hydrogen-bond donors (Lipinski definition) is 0. The molecule has 5 nitrogen and oxygen atoms in total. The molecule has 0 aliphatic carbocycles. The molecule has 1 fully saturated rings. The fraction of sp³-hybridized carbons (Fsp3) is 0.500. The van der Waals surface area contributed by atoms with E-state index in [-0.39, 0.29) is 4.90 Å². The minimum atomic E-state index is -3.65. The predicted octanol–water partition coefficient (Wildman–Crippen LogP) is 1.71. The number of carbonyl (C=O) groups is 1. The molecule has 1 saturated heterocycles. The molecule has 0 aromatic heterocycles. The number of ether oxygens (including phenoxy) is 1. The fourth-order valence-electron chi connectivity index (χ4n) is 2.41. The molecule has 1 atom stereocenters. The molecule has 0 saturated carbocycles. The number of piperidine rings is 1. The highest BCUT2D eigenvalue weighted by Crippen LogP contribution is 2.26. The summed E-state index contributed by atoms with van der Waals surface area (Å²) in [5.41, 5.74) is 0.993. The first-order chi connectivity index (χ1) is 9.46. The van der Waals surface area contributed by atoms with Gasteiger partial charge in [-0.2, -0.15) is 4.31 Å². The number of esters is 1. The average Bonchev–Trinajstić information content (AvgIpc) is 2.47. The number of aryl methyl sites for hydroxylation is 1. The summed E-state index contributed by atoms with van der Waals surface area (Å²) in [7, 11) is -2.37. The predicted molar refractivity (Wildman–Crippen MR) is 74.7 cm³/mol. The molecule has 0 radical (unpaired) electrons. The van der Waals surface area contributed by atoms with Crippen molar-refractivity contribution in [2.75, 3.05) is 13.7 Å². The molecular weight excluding hydrogens is 278 g/mol. The topological polar surface area (TPSA) is 63.7 Å². The molecule has 0 spiro atoms. The van der Waals surface area contributed by atoms with Crippen LogP contribution in [0.2, 0.25) is 0 Å². The van der Waals surface area contributed by atoms with Crippen LogP contribution >= 0.6 is 0 Å². The molecule has 1 aliphatic heterocycles. The van der Waals surface area contributed by atoms with Gasteiger partial charge in [0.15, 0.2) is 0 Å². The SMILES string of the molecule is COC(=O)[C@@H]1CCCCN1S(=O)(=O)c1ccc(C)cc1. The van der Waals surface area contributed by atoms with E-state index in [0.717, 1.165) is 18.4 Å². The molecule has 1 aromatic carbocycles. The fourth-order valence-corrected chi connectivity index (χ4v) is 4.06. The van der Waals surface area contributed by atoms with E-state index in [1.165, 1.54) is 11.4 Å². The Morgan fingerprint density at radius 3 is 2.50 bits per heavy atom. The number of methoxy groups -OCH3 is 1. The van der Waals surface area contributed by atoms with Gasteiger partial charge in [-0.15, -0.1) is 0 Å². The van der Waals surface area contributed by atoms with Gasteiger partial charge in [-0.05, 0) is 38.3 Å². The summed E-state index contributed by atoms with van der Waals surface area (Å²) in [6, 6.07) is 5.95. The van der Waals surface area contributed by atoms with Gasteiger partial charge in [0.1, 0.15) is 6.04 Å². The molecule has 0 amide bonds. The van der Waals surface area contributed by atoms with Crippen LogP contribution in [0.1, 0.15) is 24.8 Å². The first-order valence-corrected chi connectivity index (χ1v) is 8.07. The zero-order chi connectivity index (χ0) is 14.8. The Hall–Kier alpha value is -1.40. The summed E-state index contributed by atoms with van der Waals surface area (Å²) in [5, 5.41) is 0. The molecule has 0 N–H and O–H groups in total. The Morgan fingerprint density at radius 1 is 1.25 bits per heavy atom. The minimum Gasteiger partial charge on any atom is -0.468 e. The lowest BCUT2D eigenvalue weighted by atomic mass is 10.1. The maximum atomic E-state index is 12.6. The van der Waals surface area contributed by atoms with Crippen LogP contribution in [0.4, 0.5) is 0 Å². The van der Waals surface area contributed by atoms with Crippen LogP contribution in [0.15, 0.2) is 29.2 Å². The monoisotopic (exact) mass is 297 g/mol. The van der Waals surface area contributed by atoms with E-state index in [1.807, 2.05) is 6.92 Å². The Bertz CT molecular complexity index is 580. The van der Waals surface area contributed by atoms with Gasteiger partial charge in [0, 0.05) is 6.54 Å². The van der Waals surface area contributed by atoms with Crippen molar-refractivity contribution in [3.63, 3.8) is 0 Å². The molecule has 2 rings (SSSR count). The molecular formula is C14H19NO4S. The second-order valence-corrected chi connectivity index (χ2v) is 6.85. The smallest absolute Gasteiger partial charge is 0.324 e. The highest BCUT2D eigenvalue weighted by Gasteiger charge is 2.38. The van der Waals surface area contributed by atoms with Gasteiger partial charge in [-0.3, -0.25) is 4.79 Å². The largest absolute Gasteiger partial charge is 0.468 e. The number of benzene rings is 1. The summed E-state index contributed by atoms with van der Waals surface area (Å²) >= 11 is 0. The third-order valence-corrected chi connectivity index (χ3v) is 5.48. The minimum absolute atomic E-state index is 0.221. The van der Waals surface area contributed by atoms with Gasteiger partial charge >= 0.3 is 5.97 Å². The van der Waals surface area contributed by atoms with Gasteiger partial charge in [0.25, 0.3) is 0 Å². The zero-order valence-electron chi connectivity index (χ0n) is 11.7. The maximum absolute atomic E-state index is 12.6. The van der Waals surface area contributed by atoms with Crippen molar-refractivity contribution in [3.05, 3.63) is 29.8 Å². The average molecular weight is 297 g/mol. The van der Waals surface area contributed by atoms with Crippen LogP contribution in [0.3, 0.4) is 0 Å². The second-order valence-electron chi connectivity index (χ2n) is 4.96. The van der Waals surface area contributed by atoms with Crippen molar-refractivity contribution in [1.29, 1.82) is 0 Å². The van der Waals surface area contributed by atoms with Crippen LogP contribution < -0.4 is 0 Å². The summed E-state index contributed by atoms with van der Waals surface area (Å²) in [6.45, 7) is 2.25. The molecule has 110 valence electrons. The molecule has 1 aliphatic rings. The lowest BCUT2D eigenvalue weighted by molar-refractivity contribution is -0.146. The second kappa shape index (κ2) is 5.93. The Kier molecular flexibility index (Phi) is 4.45. The van der Waals surface area contributed by atoms with Crippen LogP contribution in [-0.2, 0) is 19.6 Å². The van der Waals surface area contributed by atoms with E-state index in [4.69, 9.17) is 4.74 Å². The standard InChI is InChI=1S/C14H19NO4S/c1-11-6-8-12(9-7-11)20(17,18)15-10-4-3-5-13(15)14(16)19-2/h6-9,13H,3-5,10H2,1-2H3/t13-/m0/s1. The molecule has 20 heavy (non-hydrogen) atoms. The van der Waals surface area contributed by atoms with E-state index in [1.54, 1.807) is 24.3 Å². The van der Waals surface area contributed by atoms with Gasteiger partial charge in [-0.1, -0.05) is 17.7 Å². The summed E-state index contributed by atoms with van der Waals surface area (Å²) < 4.78 is 31.3. The molecule has 1 aromatic rings. The van der Waals surface area contributed by atoms with Crippen LogP contribution in [0.25, 0.3) is 0 Å². The maximum Gasteiger partial charge on any atom is 0.324 e. The number of nitrogens with zero attached hydrogens (tertiary/aromatic N) is 1. The quantitative estimate of drug-likeness (QED) is 0.797. The van der Waals surface area contributed by atoms with Crippen molar-refractivity contribution in [1.82, 2.24) is 4.31 Å². The van der Waals surface area contributed by atoms with Gasteiger partial charge in [0.2, 0.25) is 10.0 Å². The molecule has 1 heterocycles. The van der Waals surface area contributed by atoms with Crippen molar-refractivity contribution in [3.8, 4) is 0 Å². The summed E-state index contributed by atoms with van der Waals surface area (Å²) in [6.07, 6.45) is 2.11. The lowest BCUT2D eigenvalue weighted by Crippen LogP contribution is -2.48. The lowest BCUT2D eigenvalue weighted by Gasteiger charge is -2.32. The van der Waals surface area contributed by atoms with Crippen LogP contribution in [0, 0.1) is 6.92 Å². The highest BCUT2D eigenvalue weighted by atomic mass is 32.2. The first-order valence-electron chi connectivity index (χ1n) is 6.63. The summed E-state index contributed by atoms with van der Waals surface area (Å²) in [5.74, 6) is -0.486. The highest BCUT2D eigenvalue weighted by molar-refractivity contribution is 7.89. The normalized spacial score (nSPS) is 20.6. The summed E-state index contributed by atoms with van der Waals surface area (Å²) in [4.78, 5) is 12.0. The number of rotatable bonds is 3. The van der Waals surface area contributed by atoms with Crippen LogP contribution in [0.5, 0.6) is 0 Å². The first kappa shape index (κ1) is 15.0. The number of sulfonamides is 1. The van der Waals surface area contributed by atoms with Crippen LogP contribution in [-0.4, -0.2) is 38.4 Å². The third-order valence-electron chi connectivity index (χ3n) is 3.55. The van der Waals surface area contributed by atoms with Crippen molar-refractivity contribution in [2.45, 2.75) is 37.1 Å². The number of hydrogen-bond acceptors (Lipinski definition) is 4. The Labute approximate surface area is 119 Å². The van der Waals surface area contributed by atoms with Gasteiger partial charge < -0.3 is 4.74 Å². The zero-order valence-corrected chi connectivity index (χ0v) is 12.5. The van der Waals surface area contributed by atoms with Crippen molar-refractivity contribution in [2.24, 2.45) is 0 Å². The van der Waals surface area contributed by atoms with Crippen molar-refractivity contribution < 1.29 is 17.9 Å². The van der Waals surface area contributed by atoms with Gasteiger partial charge in [-0.25, -0.2) is 8.42 Å².